The molecule has 5 atom stereocenters. The van der Waals surface area contributed by atoms with Gasteiger partial charge in [-0.3, -0.25) is 4.79 Å². The van der Waals surface area contributed by atoms with E-state index in [-0.39, 0.29) is 23.2 Å². The lowest BCUT2D eigenvalue weighted by Gasteiger charge is -2.56. The Bertz CT molecular complexity index is 1110. The molecule has 1 amide bonds. The monoisotopic (exact) mass is 404 g/mol. The van der Waals surface area contributed by atoms with Crippen LogP contribution in [-0.2, 0) is 11.8 Å². The molecule has 4 N–H and O–H groups in total. The Labute approximate surface area is 174 Å². The highest BCUT2D eigenvalue weighted by molar-refractivity contribution is 5.93. The van der Waals surface area contributed by atoms with Gasteiger partial charge in [-0.2, -0.15) is 0 Å². The summed E-state index contributed by atoms with van der Waals surface area (Å²) in [7, 11) is 2.16. The normalized spacial score (nSPS) is 33.1. The minimum absolute atomic E-state index is 0.106. The molecule has 6 heteroatoms. The van der Waals surface area contributed by atoms with Gasteiger partial charge in [-0.05, 0) is 61.3 Å². The van der Waals surface area contributed by atoms with Gasteiger partial charge in [0.1, 0.15) is 12.2 Å². The van der Waals surface area contributed by atoms with Crippen LogP contribution in [0.2, 0.25) is 0 Å². The highest BCUT2D eigenvalue weighted by Gasteiger charge is 2.64. The third-order valence-electron chi connectivity index (χ3n) is 7.76. The fourth-order valence-electron chi connectivity index (χ4n) is 6.39. The number of rotatable bonds is 2. The number of hydrogen-bond donors (Lipinski definition) is 3. The molecule has 2 heterocycles. The number of nitrogens with zero attached hydrogens (tertiary/aromatic N) is 1. The van der Waals surface area contributed by atoms with Gasteiger partial charge in [0.15, 0.2) is 11.5 Å². The number of piperidine rings is 1. The summed E-state index contributed by atoms with van der Waals surface area (Å²) in [6, 6.07) is 9.27. The number of primary amides is 1. The van der Waals surface area contributed by atoms with E-state index < -0.39 is 12.0 Å². The lowest BCUT2D eigenvalue weighted by molar-refractivity contribution is -0.0452. The number of amides is 1. The fourth-order valence-corrected chi connectivity index (χ4v) is 6.39. The van der Waals surface area contributed by atoms with Crippen LogP contribution in [0.3, 0.4) is 0 Å². The van der Waals surface area contributed by atoms with Crippen LogP contribution in [-0.4, -0.2) is 52.9 Å². The molecule has 2 aliphatic carbocycles. The van der Waals surface area contributed by atoms with Gasteiger partial charge in [0.25, 0.3) is 0 Å². The van der Waals surface area contributed by atoms with E-state index in [2.05, 4.69) is 18.0 Å². The van der Waals surface area contributed by atoms with Crippen LogP contribution in [0.25, 0.3) is 11.1 Å². The first-order chi connectivity index (χ1) is 14.4. The summed E-state index contributed by atoms with van der Waals surface area (Å²) in [6.45, 7) is 0.929. The number of carbonyl (C=O) groups is 1. The Morgan fingerprint density at radius 2 is 2.03 bits per heavy atom. The van der Waals surface area contributed by atoms with Crippen LogP contribution in [0.4, 0.5) is 0 Å². The van der Waals surface area contributed by atoms with Gasteiger partial charge < -0.3 is 25.6 Å². The number of likely N-dealkylation sites (N-methyl/N-ethyl adjacent to an activating group) is 1. The molecular weight excluding hydrogens is 380 g/mol. The standard InChI is InChI=1S/C24H24N2O4/c1-26-9-8-24-16-6-7-18(27)22(24)30-21-19(28)11-14(15(20(21)24)10-17(16)26)12-2-4-13(5-3-12)23(25)29/h2-7,11,16-18,22,27-28H,8-10H2,1H3,(H2,25,29)/t16-,17+,18-,22-,24-/m0/s1. The van der Waals surface area contributed by atoms with Crippen molar-refractivity contribution >= 4 is 5.91 Å². The second-order valence-electron chi connectivity index (χ2n) is 9.05. The zero-order valence-electron chi connectivity index (χ0n) is 16.7. The van der Waals surface area contributed by atoms with Crippen LogP contribution in [0, 0.1) is 5.92 Å². The molecule has 6 rings (SSSR count). The molecule has 2 aliphatic heterocycles. The SMILES string of the molecule is CN1CC[C@]23c4c5c(-c6ccc(C(N)=O)cc6)cc(O)c4O[C@H]2[C@@H](O)C=C[C@H]3[C@H]1C5. The number of carbonyl (C=O) groups excluding carboxylic acids is 1. The summed E-state index contributed by atoms with van der Waals surface area (Å²) in [6.07, 6.45) is 4.66. The van der Waals surface area contributed by atoms with Gasteiger partial charge in [0.2, 0.25) is 5.91 Å². The van der Waals surface area contributed by atoms with Crippen molar-refractivity contribution in [2.75, 3.05) is 13.6 Å². The lowest BCUT2D eigenvalue weighted by atomic mass is 9.53. The number of aromatic hydroxyl groups is 1. The molecule has 154 valence electrons. The molecule has 0 unspecified atom stereocenters. The van der Waals surface area contributed by atoms with Gasteiger partial charge in [-0.1, -0.05) is 24.3 Å². The van der Waals surface area contributed by atoms with Gasteiger partial charge in [0.05, 0.1) is 0 Å². The molecule has 0 aromatic heterocycles. The summed E-state index contributed by atoms with van der Waals surface area (Å²) in [5.41, 5.74) is 9.65. The zero-order valence-corrected chi connectivity index (χ0v) is 16.7. The largest absolute Gasteiger partial charge is 0.504 e. The van der Waals surface area contributed by atoms with Gasteiger partial charge >= 0.3 is 0 Å². The summed E-state index contributed by atoms with van der Waals surface area (Å²) >= 11 is 0. The summed E-state index contributed by atoms with van der Waals surface area (Å²) in [4.78, 5) is 13.9. The molecule has 2 aromatic carbocycles. The topological polar surface area (TPSA) is 96.0 Å². The van der Waals surface area contributed by atoms with Crippen molar-refractivity contribution in [3.63, 3.8) is 0 Å². The average Bonchev–Trinajstić information content (AvgIpc) is 3.09. The molecule has 2 bridgehead atoms. The highest BCUT2D eigenvalue weighted by Crippen LogP contribution is 2.63. The van der Waals surface area contributed by atoms with Crippen molar-refractivity contribution in [1.82, 2.24) is 4.90 Å². The first kappa shape index (κ1) is 18.0. The van der Waals surface area contributed by atoms with E-state index in [9.17, 15) is 15.0 Å². The van der Waals surface area contributed by atoms with E-state index in [1.54, 1.807) is 18.2 Å². The van der Waals surface area contributed by atoms with E-state index in [4.69, 9.17) is 10.5 Å². The van der Waals surface area contributed by atoms with Crippen molar-refractivity contribution < 1.29 is 19.7 Å². The molecule has 0 radical (unpaired) electrons. The summed E-state index contributed by atoms with van der Waals surface area (Å²) < 4.78 is 6.27. The summed E-state index contributed by atoms with van der Waals surface area (Å²) in [5.74, 6) is 0.417. The van der Waals surface area contributed by atoms with Crippen molar-refractivity contribution in [2.24, 2.45) is 11.7 Å². The second-order valence-corrected chi connectivity index (χ2v) is 9.05. The van der Waals surface area contributed by atoms with Crippen molar-refractivity contribution in [3.05, 3.63) is 59.2 Å². The Kier molecular flexibility index (Phi) is 3.51. The molecule has 6 nitrogen and oxygen atoms in total. The van der Waals surface area contributed by atoms with Crippen molar-refractivity contribution in [2.45, 2.75) is 36.5 Å². The van der Waals surface area contributed by atoms with Gasteiger partial charge in [-0.25, -0.2) is 0 Å². The minimum Gasteiger partial charge on any atom is -0.504 e. The highest BCUT2D eigenvalue weighted by atomic mass is 16.5. The third-order valence-corrected chi connectivity index (χ3v) is 7.76. The maximum atomic E-state index is 11.5. The molecule has 4 aliphatic rings. The Morgan fingerprint density at radius 3 is 2.77 bits per heavy atom. The Balaban J connectivity index is 1.61. The summed E-state index contributed by atoms with van der Waals surface area (Å²) in [5, 5.41) is 21.7. The minimum atomic E-state index is -0.693. The van der Waals surface area contributed by atoms with Crippen molar-refractivity contribution in [3.8, 4) is 22.6 Å². The predicted octanol–water partition coefficient (Wildman–Crippen LogP) is 1.96. The smallest absolute Gasteiger partial charge is 0.248 e. The predicted molar refractivity (Wildman–Crippen MR) is 112 cm³/mol. The lowest BCUT2D eigenvalue weighted by Crippen LogP contribution is -2.64. The molecule has 30 heavy (non-hydrogen) atoms. The van der Waals surface area contributed by atoms with Gasteiger partial charge in [0, 0.05) is 28.5 Å². The van der Waals surface area contributed by atoms with Gasteiger partial charge in [-0.15, -0.1) is 0 Å². The average molecular weight is 404 g/mol. The molecule has 2 aromatic rings. The zero-order chi connectivity index (χ0) is 20.8. The number of benzene rings is 2. The molecule has 1 fully saturated rings. The third kappa shape index (κ3) is 2.08. The van der Waals surface area contributed by atoms with Crippen LogP contribution in [0.1, 0.15) is 27.9 Å². The number of nitrogens with two attached hydrogens (primary N) is 1. The number of phenolic OH excluding ortho intramolecular Hbond substituents is 1. The van der Waals surface area contributed by atoms with Crippen LogP contribution in [0.15, 0.2) is 42.5 Å². The molecule has 0 saturated carbocycles. The quantitative estimate of drug-likeness (QED) is 0.665. The van der Waals surface area contributed by atoms with Crippen molar-refractivity contribution in [1.29, 1.82) is 0 Å². The Morgan fingerprint density at radius 1 is 1.27 bits per heavy atom. The Hall–Kier alpha value is -2.83. The molecule has 1 spiro atoms. The number of ether oxygens (including phenoxy) is 1. The first-order valence-corrected chi connectivity index (χ1v) is 10.4. The number of aliphatic hydroxyl groups is 1. The van der Waals surface area contributed by atoms with E-state index >= 15 is 0 Å². The number of hydrogen-bond acceptors (Lipinski definition) is 5. The van der Waals surface area contributed by atoms with Crippen LogP contribution in [0.5, 0.6) is 11.5 Å². The molecule has 1 saturated heterocycles. The van der Waals surface area contributed by atoms with Crippen LogP contribution >= 0.6 is 0 Å². The van der Waals surface area contributed by atoms with E-state index in [1.807, 2.05) is 18.2 Å². The van der Waals surface area contributed by atoms with Crippen LogP contribution < -0.4 is 10.5 Å². The first-order valence-electron chi connectivity index (χ1n) is 10.4. The molecular formula is C24H24N2O4. The van der Waals surface area contributed by atoms with E-state index in [0.29, 0.717) is 17.4 Å². The van der Waals surface area contributed by atoms with E-state index in [0.717, 1.165) is 36.1 Å². The maximum Gasteiger partial charge on any atom is 0.248 e. The second kappa shape index (κ2) is 5.86. The number of likely N-dealkylation sites (tertiary alicyclic amines) is 1. The fraction of sp³-hybridized carbons (Fsp3) is 0.375. The maximum absolute atomic E-state index is 11.5. The van der Waals surface area contributed by atoms with E-state index in [1.165, 1.54) is 5.56 Å². The number of phenols is 1. The number of aliphatic hydroxyl groups excluding tert-OH is 1.